The summed E-state index contributed by atoms with van der Waals surface area (Å²) < 4.78 is 5.64. The highest BCUT2D eigenvalue weighted by Gasteiger charge is 2.16. The first-order chi connectivity index (χ1) is 11.4. The molecule has 140 valence electrons. The normalized spacial score (nSPS) is 19.4. The van der Waals surface area contributed by atoms with E-state index >= 15 is 0 Å². The molecule has 0 spiro atoms. The summed E-state index contributed by atoms with van der Waals surface area (Å²) in [7, 11) is 3.50. The van der Waals surface area contributed by atoms with Gasteiger partial charge < -0.3 is 20.3 Å². The molecule has 0 radical (unpaired) electrons. The minimum absolute atomic E-state index is 0.000627. The molecule has 1 fully saturated rings. The van der Waals surface area contributed by atoms with Crippen LogP contribution in [-0.4, -0.2) is 62.7 Å². The maximum absolute atomic E-state index is 11.8. The van der Waals surface area contributed by atoms with Crippen LogP contribution >= 0.6 is 0 Å². The van der Waals surface area contributed by atoms with Crippen molar-refractivity contribution in [2.24, 2.45) is 10.9 Å². The van der Waals surface area contributed by atoms with Gasteiger partial charge in [0, 0.05) is 33.3 Å². The smallest absolute Gasteiger partial charge is 0.243 e. The molecular formula is C18H36N4O2. The van der Waals surface area contributed by atoms with Crippen LogP contribution in [0.4, 0.5) is 0 Å². The molecule has 0 aromatic rings. The molecule has 2 atom stereocenters. The van der Waals surface area contributed by atoms with Crippen molar-refractivity contribution in [2.45, 2.75) is 65.0 Å². The largest absolute Gasteiger partial charge is 0.376 e. The van der Waals surface area contributed by atoms with Crippen molar-refractivity contribution in [3.8, 4) is 0 Å². The lowest BCUT2D eigenvalue weighted by Gasteiger charge is -2.20. The molecule has 0 aliphatic carbocycles. The van der Waals surface area contributed by atoms with E-state index in [1.807, 2.05) is 0 Å². The highest BCUT2D eigenvalue weighted by molar-refractivity contribution is 5.84. The quantitative estimate of drug-likeness (QED) is 0.498. The summed E-state index contributed by atoms with van der Waals surface area (Å²) in [6.45, 7) is 8.41. The van der Waals surface area contributed by atoms with Gasteiger partial charge in [0.25, 0.3) is 0 Å². The van der Waals surface area contributed by atoms with Gasteiger partial charge in [-0.15, -0.1) is 0 Å². The number of rotatable bonds is 9. The van der Waals surface area contributed by atoms with Gasteiger partial charge in [0.05, 0.1) is 6.10 Å². The second-order valence-electron chi connectivity index (χ2n) is 7.34. The Morgan fingerprint density at radius 2 is 2.04 bits per heavy atom. The number of hydrogen-bond donors (Lipinski definition) is 2. The number of nitrogens with zero attached hydrogens (tertiary/aromatic N) is 2. The van der Waals surface area contributed by atoms with Crippen LogP contribution in [0.2, 0.25) is 0 Å². The maximum Gasteiger partial charge on any atom is 0.243 e. The van der Waals surface area contributed by atoms with Crippen LogP contribution < -0.4 is 10.6 Å². The summed E-state index contributed by atoms with van der Waals surface area (Å²) in [5.41, 5.74) is 0. The van der Waals surface area contributed by atoms with E-state index in [-0.39, 0.29) is 18.6 Å². The summed E-state index contributed by atoms with van der Waals surface area (Å²) in [6, 6.07) is 0.328. The lowest BCUT2D eigenvalue weighted by Crippen LogP contribution is -2.45. The molecule has 2 N–H and O–H groups in total. The van der Waals surface area contributed by atoms with Crippen LogP contribution in [0.5, 0.6) is 0 Å². The van der Waals surface area contributed by atoms with Crippen molar-refractivity contribution in [3.63, 3.8) is 0 Å². The third-order valence-electron chi connectivity index (χ3n) is 4.19. The number of amides is 1. The zero-order valence-corrected chi connectivity index (χ0v) is 16.1. The third-order valence-corrected chi connectivity index (χ3v) is 4.19. The zero-order chi connectivity index (χ0) is 17.9. The van der Waals surface area contributed by atoms with Crippen molar-refractivity contribution >= 4 is 11.9 Å². The highest BCUT2D eigenvalue weighted by atomic mass is 16.5. The molecule has 0 aromatic carbocycles. The summed E-state index contributed by atoms with van der Waals surface area (Å²) in [5, 5.41) is 6.75. The van der Waals surface area contributed by atoms with Gasteiger partial charge in [0.15, 0.2) is 5.96 Å². The van der Waals surface area contributed by atoms with Gasteiger partial charge in [-0.3, -0.25) is 4.79 Å². The molecule has 0 aromatic heterocycles. The summed E-state index contributed by atoms with van der Waals surface area (Å²) in [5.74, 6) is 1.44. The zero-order valence-electron chi connectivity index (χ0n) is 16.1. The van der Waals surface area contributed by atoms with Gasteiger partial charge in [-0.05, 0) is 32.1 Å². The first-order valence-electron chi connectivity index (χ1n) is 9.25. The first kappa shape index (κ1) is 20.7. The molecule has 1 amide bonds. The average molecular weight is 341 g/mol. The topological polar surface area (TPSA) is 66.0 Å². The maximum atomic E-state index is 11.8. The fourth-order valence-corrected chi connectivity index (χ4v) is 2.59. The molecular weight excluding hydrogens is 304 g/mol. The molecule has 0 saturated carbocycles. The van der Waals surface area contributed by atoms with Crippen LogP contribution in [0.1, 0.15) is 52.9 Å². The first-order valence-corrected chi connectivity index (χ1v) is 9.25. The molecule has 1 rings (SSSR count). The number of nitrogens with one attached hydrogen (secondary N) is 2. The van der Waals surface area contributed by atoms with Crippen molar-refractivity contribution < 1.29 is 9.53 Å². The van der Waals surface area contributed by atoms with Crippen molar-refractivity contribution in [1.29, 1.82) is 0 Å². The SMILES string of the molecule is CC(C)CCCC(C)NC(=NCC(=O)N(C)C)NCC1CCCO1. The third kappa shape index (κ3) is 9.11. The molecule has 2 unspecified atom stereocenters. The van der Waals surface area contributed by atoms with Crippen molar-refractivity contribution in [1.82, 2.24) is 15.5 Å². The monoisotopic (exact) mass is 340 g/mol. The van der Waals surface area contributed by atoms with Gasteiger partial charge in [-0.1, -0.05) is 26.7 Å². The van der Waals surface area contributed by atoms with Crippen LogP contribution in [0, 0.1) is 5.92 Å². The van der Waals surface area contributed by atoms with Crippen LogP contribution in [0.15, 0.2) is 4.99 Å². The number of carbonyl (C=O) groups excluding carboxylic acids is 1. The van der Waals surface area contributed by atoms with Gasteiger partial charge in [0.1, 0.15) is 6.54 Å². The molecule has 24 heavy (non-hydrogen) atoms. The predicted octanol–water partition coefficient (Wildman–Crippen LogP) is 2.00. The van der Waals surface area contributed by atoms with Crippen molar-refractivity contribution in [3.05, 3.63) is 0 Å². The van der Waals surface area contributed by atoms with E-state index in [4.69, 9.17) is 4.74 Å². The highest BCUT2D eigenvalue weighted by Crippen LogP contribution is 2.11. The predicted molar refractivity (Wildman–Crippen MR) is 99.3 cm³/mol. The Morgan fingerprint density at radius 3 is 2.62 bits per heavy atom. The molecule has 1 saturated heterocycles. The second kappa shape index (κ2) is 11.3. The van der Waals surface area contributed by atoms with E-state index in [2.05, 4.69) is 36.4 Å². The Bertz CT molecular complexity index is 390. The second-order valence-corrected chi connectivity index (χ2v) is 7.34. The Kier molecular flexibility index (Phi) is 9.76. The fourth-order valence-electron chi connectivity index (χ4n) is 2.59. The van der Waals surface area contributed by atoms with E-state index in [0.29, 0.717) is 12.0 Å². The number of carbonyl (C=O) groups is 1. The minimum Gasteiger partial charge on any atom is -0.376 e. The Hall–Kier alpha value is -1.30. The number of aliphatic imine (C=N–C) groups is 1. The molecule has 6 nitrogen and oxygen atoms in total. The Balaban J connectivity index is 2.48. The van der Waals surface area contributed by atoms with Gasteiger partial charge in [0.2, 0.25) is 5.91 Å². The van der Waals surface area contributed by atoms with E-state index in [0.717, 1.165) is 38.3 Å². The van der Waals surface area contributed by atoms with E-state index < -0.39 is 0 Å². The van der Waals surface area contributed by atoms with Crippen LogP contribution in [-0.2, 0) is 9.53 Å². The van der Waals surface area contributed by atoms with Gasteiger partial charge >= 0.3 is 0 Å². The standard InChI is InChI=1S/C18H36N4O2/c1-14(2)8-6-9-15(3)21-18(20-13-17(23)22(4)5)19-12-16-10-7-11-24-16/h14-16H,6-13H2,1-5H3,(H2,19,20,21). The minimum atomic E-state index is 0.000627. The molecule has 1 aliphatic heterocycles. The van der Waals surface area contributed by atoms with Gasteiger partial charge in [-0.2, -0.15) is 0 Å². The van der Waals surface area contributed by atoms with Gasteiger partial charge in [-0.25, -0.2) is 4.99 Å². The summed E-state index contributed by atoms with van der Waals surface area (Å²) in [4.78, 5) is 17.8. The molecule has 6 heteroatoms. The molecule has 0 bridgehead atoms. The number of hydrogen-bond acceptors (Lipinski definition) is 3. The van der Waals surface area contributed by atoms with Crippen LogP contribution in [0.3, 0.4) is 0 Å². The number of likely N-dealkylation sites (N-methyl/N-ethyl adjacent to an activating group) is 1. The Morgan fingerprint density at radius 1 is 1.29 bits per heavy atom. The lowest BCUT2D eigenvalue weighted by atomic mass is 10.0. The lowest BCUT2D eigenvalue weighted by molar-refractivity contribution is -0.127. The number of ether oxygens (including phenoxy) is 1. The molecule has 1 aliphatic rings. The Labute approximate surface area is 147 Å². The number of guanidine groups is 1. The molecule has 1 heterocycles. The summed E-state index contributed by atoms with van der Waals surface area (Å²) >= 11 is 0. The summed E-state index contributed by atoms with van der Waals surface area (Å²) in [6.07, 6.45) is 5.98. The van der Waals surface area contributed by atoms with E-state index in [1.165, 1.54) is 12.8 Å². The fraction of sp³-hybridized carbons (Fsp3) is 0.889. The average Bonchev–Trinajstić information content (AvgIpc) is 3.02. The van der Waals surface area contributed by atoms with E-state index in [9.17, 15) is 4.79 Å². The van der Waals surface area contributed by atoms with E-state index in [1.54, 1.807) is 19.0 Å². The van der Waals surface area contributed by atoms with Crippen molar-refractivity contribution in [2.75, 3.05) is 33.8 Å². The van der Waals surface area contributed by atoms with Crippen LogP contribution in [0.25, 0.3) is 0 Å².